The Kier molecular flexibility index (Phi) is 5.96. The Hall–Kier alpha value is -2.94. The lowest BCUT2D eigenvalue weighted by Gasteiger charge is -2.44. The van der Waals surface area contributed by atoms with Crippen LogP contribution >= 0.6 is 15.9 Å². The highest BCUT2D eigenvalue weighted by Crippen LogP contribution is 2.41. The normalized spacial score (nSPS) is 27.1. The Morgan fingerprint density at radius 1 is 1.15 bits per heavy atom. The van der Waals surface area contributed by atoms with Gasteiger partial charge in [-0.05, 0) is 24.3 Å². The lowest BCUT2D eigenvalue weighted by Crippen LogP contribution is -2.64. The van der Waals surface area contributed by atoms with E-state index in [0.717, 1.165) is 18.2 Å². The van der Waals surface area contributed by atoms with Gasteiger partial charge in [-0.2, -0.15) is 4.39 Å². The summed E-state index contributed by atoms with van der Waals surface area (Å²) in [6.45, 7) is 3.69. The van der Waals surface area contributed by atoms with Gasteiger partial charge in [0.05, 0.1) is 5.56 Å². The molecule has 3 aromatic rings. The summed E-state index contributed by atoms with van der Waals surface area (Å²) in [5, 5.41) is 60.1. The van der Waals surface area contributed by atoms with E-state index in [4.69, 9.17) is 9.15 Å². The zero-order valence-corrected chi connectivity index (χ0v) is 18.4. The smallest absolute Gasteiger partial charge is 0.335 e. The predicted octanol–water partition coefficient (Wildman–Crippen LogP) is 1.56. The minimum Gasteiger partial charge on any atom is -0.505 e. The van der Waals surface area contributed by atoms with Gasteiger partial charge in [0.15, 0.2) is 23.3 Å². The molecule has 6 N–H and O–H groups in total. The summed E-state index contributed by atoms with van der Waals surface area (Å²) in [6.07, 6.45) is -8.44. The number of carboxylic acid groups (broad SMARTS) is 1. The first-order valence-corrected chi connectivity index (χ1v) is 10.3. The van der Waals surface area contributed by atoms with Crippen LogP contribution in [0.5, 0.6) is 5.75 Å². The number of phenolic OH excluding ortho intramolecular Hbond substituents is 1. The Morgan fingerprint density at radius 3 is 2.44 bits per heavy atom. The number of hydrogen-bond acceptors (Lipinski definition) is 9. The van der Waals surface area contributed by atoms with Gasteiger partial charge in [0, 0.05) is 15.6 Å². The molecule has 2 heterocycles. The topological polar surface area (TPSA) is 174 Å². The number of ether oxygens (including phenoxy) is 1. The van der Waals surface area contributed by atoms with Crippen molar-refractivity contribution >= 4 is 37.5 Å². The highest BCUT2D eigenvalue weighted by atomic mass is 79.9. The van der Waals surface area contributed by atoms with Crippen LogP contribution in [-0.2, 0) is 15.3 Å². The zero-order valence-electron chi connectivity index (χ0n) is 16.8. The van der Waals surface area contributed by atoms with E-state index in [1.54, 1.807) is 0 Å². The lowest BCUT2D eigenvalue weighted by atomic mass is 9.87. The first-order chi connectivity index (χ1) is 15.9. The van der Waals surface area contributed by atoms with Crippen LogP contribution in [0, 0.1) is 11.6 Å². The van der Waals surface area contributed by atoms with Crippen LogP contribution in [0.4, 0.5) is 8.78 Å². The molecule has 0 amide bonds. The molecule has 5 atom stereocenters. The molecule has 0 saturated carbocycles. The maximum absolute atomic E-state index is 14.4. The molecule has 34 heavy (non-hydrogen) atoms. The molecule has 1 aliphatic rings. The second-order valence-electron chi connectivity index (χ2n) is 7.56. The standard InChI is InChI=1S/C21H16BrF2NO9/c1-6(22)9-4-7(21(32)18(29)15(28)14(27)17(34-21)20(30)31)5-10-16(9)33-19(25-10)8-2-3-11(26)13(24)12(8)23/h2-5,14-15,17-18,26-29,32H,1H2,(H,30,31)/t14-,15-,17-,18+,21?/m0/s1. The van der Waals surface area contributed by atoms with E-state index in [1.807, 2.05) is 0 Å². The number of fused-ring (bicyclic) bond motifs is 1. The van der Waals surface area contributed by atoms with Gasteiger partial charge in [-0.1, -0.05) is 22.5 Å². The number of aliphatic carboxylic acids is 1. The number of nitrogens with zero attached hydrogens (tertiary/aromatic N) is 1. The van der Waals surface area contributed by atoms with Crippen molar-refractivity contribution in [2.45, 2.75) is 30.2 Å². The molecule has 1 unspecified atom stereocenters. The summed E-state index contributed by atoms with van der Waals surface area (Å²) in [7, 11) is 0. The number of aromatic hydroxyl groups is 1. The number of aliphatic hydroxyl groups is 4. The fourth-order valence-electron chi connectivity index (χ4n) is 3.63. The molecule has 1 aromatic heterocycles. The van der Waals surface area contributed by atoms with Gasteiger partial charge in [0.1, 0.15) is 23.8 Å². The third-order valence-corrected chi connectivity index (χ3v) is 5.85. The van der Waals surface area contributed by atoms with Crippen LogP contribution in [0.25, 0.3) is 27.0 Å². The largest absolute Gasteiger partial charge is 0.505 e. The van der Waals surface area contributed by atoms with E-state index in [9.17, 15) is 44.2 Å². The van der Waals surface area contributed by atoms with Crippen molar-refractivity contribution in [3.05, 3.63) is 53.6 Å². The lowest BCUT2D eigenvalue weighted by molar-refractivity contribution is -0.349. The second kappa shape index (κ2) is 8.37. The molecule has 0 bridgehead atoms. The number of hydrogen-bond donors (Lipinski definition) is 6. The SMILES string of the molecule is C=C(Br)c1cc(C2(O)O[C@H](C(=O)O)[C@@H](O)[C@H](O)[C@H]2O)cc2nc(-c3ccc(O)c(F)c3F)oc12. The highest BCUT2D eigenvalue weighted by Gasteiger charge is 2.56. The fourth-order valence-corrected chi connectivity index (χ4v) is 3.92. The van der Waals surface area contributed by atoms with Crippen LogP contribution in [0.3, 0.4) is 0 Å². The summed E-state index contributed by atoms with van der Waals surface area (Å²) < 4.78 is 39.0. The predicted molar refractivity (Wildman–Crippen MR) is 113 cm³/mol. The molecule has 1 aliphatic heterocycles. The summed E-state index contributed by atoms with van der Waals surface area (Å²) in [5.41, 5.74) is -0.734. The number of benzene rings is 2. The number of halogens is 3. The zero-order chi connectivity index (χ0) is 25.1. The van der Waals surface area contributed by atoms with Crippen LogP contribution in [0.15, 0.2) is 35.3 Å². The molecule has 0 spiro atoms. The third kappa shape index (κ3) is 3.66. The minimum atomic E-state index is -2.83. The molecule has 4 rings (SSSR count). The van der Waals surface area contributed by atoms with Gasteiger partial charge in [-0.15, -0.1) is 0 Å². The summed E-state index contributed by atoms with van der Waals surface area (Å²) in [6, 6.07) is 4.20. The molecule has 2 aromatic carbocycles. The van der Waals surface area contributed by atoms with Gasteiger partial charge < -0.3 is 39.8 Å². The molecule has 180 valence electrons. The molecule has 1 saturated heterocycles. The van der Waals surface area contributed by atoms with Gasteiger partial charge >= 0.3 is 5.97 Å². The molecule has 13 heteroatoms. The maximum Gasteiger partial charge on any atom is 0.335 e. The quantitative estimate of drug-likeness (QED) is 0.283. The average Bonchev–Trinajstić information content (AvgIpc) is 3.21. The Balaban J connectivity index is 1.91. The number of oxazole rings is 1. The van der Waals surface area contributed by atoms with Crippen molar-refractivity contribution < 1.29 is 53.4 Å². The highest BCUT2D eigenvalue weighted by molar-refractivity contribution is 9.15. The summed E-state index contributed by atoms with van der Waals surface area (Å²) in [5.74, 6) is -8.83. The van der Waals surface area contributed by atoms with E-state index >= 15 is 0 Å². The van der Waals surface area contributed by atoms with E-state index < -0.39 is 65.0 Å². The minimum absolute atomic E-state index is 0.0159. The molecular weight excluding hydrogens is 528 g/mol. The van der Waals surface area contributed by atoms with Crippen LogP contribution < -0.4 is 0 Å². The average molecular weight is 544 g/mol. The number of carbonyl (C=O) groups is 1. The summed E-state index contributed by atoms with van der Waals surface area (Å²) >= 11 is 3.13. The molecule has 1 fully saturated rings. The number of aromatic nitrogens is 1. The van der Waals surface area contributed by atoms with E-state index in [2.05, 4.69) is 27.5 Å². The van der Waals surface area contributed by atoms with Gasteiger partial charge in [0.2, 0.25) is 17.5 Å². The third-order valence-electron chi connectivity index (χ3n) is 5.42. The Labute approximate surface area is 197 Å². The van der Waals surface area contributed by atoms with Crippen molar-refractivity contribution in [1.29, 1.82) is 0 Å². The van der Waals surface area contributed by atoms with Gasteiger partial charge in [-0.25, -0.2) is 14.2 Å². The van der Waals surface area contributed by atoms with Crippen molar-refractivity contribution in [3.8, 4) is 17.2 Å². The molecule has 0 radical (unpaired) electrons. The monoisotopic (exact) mass is 543 g/mol. The second-order valence-corrected chi connectivity index (χ2v) is 8.51. The van der Waals surface area contributed by atoms with Crippen LogP contribution in [0.2, 0.25) is 0 Å². The molecule has 10 nitrogen and oxygen atoms in total. The summed E-state index contributed by atoms with van der Waals surface area (Å²) in [4.78, 5) is 15.5. The fraction of sp³-hybridized carbons (Fsp3) is 0.238. The maximum atomic E-state index is 14.4. The number of rotatable bonds is 4. The number of aliphatic hydroxyl groups excluding tert-OH is 3. The van der Waals surface area contributed by atoms with Gasteiger partial charge in [0.25, 0.3) is 0 Å². The van der Waals surface area contributed by atoms with E-state index in [0.29, 0.717) is 0 Å². The van der Waals surface area contributed by atoms with E-state index in [-0.39, 0.29) is 26.7 Å². The molecular formula is C21H16BrF2NO9. The first-order valence-electron chi connectivity index (χ1n) is 9.51. The molecule has 0 aliphatic carbocycles. The van der Waals surface area contributed by atoms with Crippen molar-refractivity contribution in [1.82, 2.24) is 4.98 Å². The van der Waals surface area contributed by atoms with Crippen LogP contribution in [-0.4, -0.2) is 66.0 Å². The van der Waals surface area contributed by atoms with Crippen molar-refractivity contribution in [2.75, 3.05) is 0 Å². The Morgan fingerprint density at radius 2 is 1.82 bits per heavy atom. The number of carboxylic acids is 1. The van der Waals surface area contributed by atoms with Crippen LogP contribution in [0.1, 0.15) is 11.1 Å². The van der Waals surface area contributed by atoms with Crippen molar-refractivity contribution in [2.24, 2.45) is 0 Å². The Bertz CT molecular complexity index is 1330. The van der Waals surface area contributed by atoms with Gasteiger partial charge in [-0.3, -0.25) is 0 Å². The first kappa shape index (κ1) is 24.2. The van der Waals surface area contributed by atoms with E-state index in [1.165, 1.54) is 6.07 Å². The van der Waals surface area contributed by atoms with Crippen molar-refractivity contribution in [3.63, 3.8) is 0 Å². The number of phenols is 1.